The highest BCUT2D eigenvalue weighted by Gasteiger charge is 2.22. The number of benzene rings is 3. The number of aromatic hydroxyl groups is 1. The quantitative estimate of drug-likeness (QED) is 0.744. The SMILES string of the molecule is COc1cccc(O)c1C(=O)NC(c1ccccc1)c1ccccc1. The first-order valence-corrected chi connectivity index (χ1v) is 7.97. The van der Waals surface area contributed by atoms with Gasteiger partial charge >= 0.3 is 0 Å². The second-order valence-corrected chi connectivity index (χ2v) is 5.58. The van der Waals surface area contributed by atoms with Gasteiger partial charge in [-0.2, -0.15) is 0 Å². The molecular weight excluding hydrogens is 314 g/mol. The number of hydrogen-bond acceptors (Lipinski definition) is 3. The van der Waals surface area contributed by atoms with Crippen molar-refractivity contribution in [2.24, 2.45) is 0 Å². The molecule has 0 heterocycles. The van der Waals surface area contributed by atoms with E-state index in [2.05, 4.69) is 5.32 Å². The van der Waals surface area contributed by atoms with Crippen molar-refractivity contribution in [1.29, 1.82) is 0 Å². The smallest absolute Gasteiger partial charge is 0.259 e. The maximum Gasteiger partial charge on any atom is 0.259 e. The Bertz CT molecular complexity index is 808. The number of methoxy groups -OCH3 is 1. The monoisotopic (exact) mass is 333 g/mol. The summed E-state index contributed by atoms with van der Waals surface area (Å²) in [6.07, 6.45) is 0. The van der Waals surface area contributed by atoms with Crippen molar-refractivity contribution in [2.75, 3.05) is 7.11 Å². The summed E-state index contributed by atoms with van der Waals surface area (Å²) in [6.45, 7) is 0. The molecule has 4 heteroatoms. The third kappa shape index (κ3) is 3.63. The molecule has 0 aliphatic carbocycles. The molecule has 25 heavy (non-hydrogen) atoms. The zero-order valence-corrected chi connectivity index (χ0v) is 13.8. The van der Waals surface area contributed by atoms with Crippen LogP contribution in [0.5, 0.6) is 11.5 Å². The lowest BCUT2D eigenvalue weighted by molar-refractivity contribution is 0.0937. The highest BCUT2D eigenvalue weighted by molar-refractivity contribution is 6.00. The van der Waals surface area contributed by atoms with Crippen molar-refractivity contribution in [3.05, 3.63) is 95.6 Å². The predicted molar refractivity (Wildman–Crippen MR) is 96.9 cm³/mol. The topological polar surface area (TPSA) is 58.6 Å². The molecule has 0 aliphatic rings. The highest BCUT2D eigenvalue weighted by Crippen LogP contribution is 2.29. The van der Waals surface area contributed by atoms with E-state index in [0.29, 0.717) is 5.75 Å². The summed E-state index contributed by atoms with van der Waals surface area (Å²) in [7, 11) is 1.47. The molecule has 0 saturated heterocycles. The van der Waals surface area contributed by atoms with Gasteiger partial charge in [-0.15, -0.1) is 0 Å². The summed E-state index contributed by atoms with van der Waals surface area (Å²) in [5.41, 5.74) is 2.04. The van der Waals surface area contributed by atoms with Crippen LogP contribution >= 0.6 is 0 Å². The average molecular weight is 333 g/mol. The summed E-state index contributed by atoms with van der Waals surface area (Å²) < 4.78 is 5.22. The molecule has 0 spiro atoms. The average Bonchev–Trinajstić information content (AvgIpc) is 2.67. The van der Waals surface area contributed by atoms with Gasteiger partial charge in [0.15, 0.2) is 0 Å². The molecule has 126 valence electrons. The van der Waals surface area contributed by atoms with Gasteiger partial charge in [0.25, 0.3) is 5.91 Å². The van der Waals surface area contributed by atoms with Crippen LogP contribution in [0.25, 0.3) is 0 Å². The normalized spacial score (nSPS) is 10.5. The van der Waals surface area contributed by atoms with E-state index in [0.717, 1.165) is 11.1 Å². The van der Waals surface area contributed by atoms with Crippen LogP contribution in [0, 0.1) is 0 Å². The number of hydrogen-bond donors (Lipinski definition) is 2. The van der Waals surface area contributed by atoms with Gasteiger partial charge in [-0.05, 0) is 23.3 Å². The van der Waals surface area contributed by atoms with E-state index in [1.165, 1.54) is 13.2 Å². The maximum absolute atomic E-state index is 12.9. The van der Waals surface area contributed by atoms with Crippen LogP contribution in [-0.2, 0) is 0 Å². The third-order valence-corrected chi connectivity index (χ3v) is 3.99. The van der Waals surface area contributed by atoms with Crippen LogP contribution in [0.4, 0.5) is 0 Å². The molecule has 3 aromatic rings. The van der Waals surface area contributed by atoms with E-state index in [4.69, 9.17) is 4.74 Å². The Morgan fingerprint density at radius 2 is 1.44 bits per heavy atom. The van der Waals surface area contributed by atoms with E-state index in [-0.39, 0.29) is 17.4 Å². The van der Waals surface area contributed by atoms with Crippen molar-refractivity contribution in [2.45, 2.75) is 6.04 Å². The number of amides is 1. The number of nitrogens with one attached hydrogen (secondary N) is 1. The first kappa shape index (κ1) is 16.6. The van der Waals surface area contributed by atoms with Gasteiger partial charge in [0.2, 0.25) is 0 Å². The first-order valence-electron chi connectivity index (χ1n) is 7.97. The minimum absolute atomic E-state index is 0.114. The predicted octanol–water partition coefficient (Wildman–Crippen LogP) is 3.92. The molecular formula is C21H19NO3. The van der Waals surface area contributed by atoms with Gasteiger partial charge in [-0.1, -0.05) is 66.7 Å². The second-order valence-electron chi connectivity index (χ2n) is 5.58. The van der Waals surface area contributed by atoms with Crippen LogP contribution in [0.2, 0.25) is 0 Å². The molecule has 2 N–H and O–H groups in total. The Kier molecular flexibility index (Phi) is 5.00. The molecule has 3 aromatic carbocycles. The van der Waals surface area contributed by atoms with Gasteiger partial charge in [0, 0.05) is 0 Å². The van der Waals surface area contributed by atoms with Crippen LogP contribution < -0.4 is 10.1 Å². The summed E-state index contributed by atoms with van der Waals surface area (Å²) in [6, 6.07) is 23.8. The lowest BCUT2D eigenvalue weighted by atomic mass is 9.98. The summed E-state index contributed by atoms with van der Waals surface area (Å²) in [5.74, 6) is -0.179. The molecule has 3 rings (SSSR count). The number of carbonyl (C=O) groups excluding carboxylic acids is 1. The molecule has 0 aromatic heterocycles. The molecule has 0 bridgehead atoms. The van der Waals surface area contributed by atoms with Crippen molar-refractivity contribution in [1.82, 2.24) is 5.32 Å². The minimum Gasteiger partial charge on any atom is -0.507 e. The van der Waals surface area contributed by atoms with E-state index in [9.17, 15) is 9.90 Å². The Morgan fingerprint density at radius 3 is 1.96 bits per heavy atom. The van der Waals surface area contributed by atoms with Gasteiger partial charge in [-0.25, -0.2) is 0 Å². The van der Waals surface area contributed by atoms with Gasteiger partial charge in [0.05, 0.1) is 13.2 Å². The fourth-order valence-electron chi connectivity index (χ4n) is 2.77. The maximum atomic E-state index is 12.9. The van der Waals surface area contributed by atoms with Crippen molar-refractivity contribution >= 4 is 5.91 Å². The molecule has 1 amide bonds. The third-order valence-electron chi connectivity index (χ3n) is 3.99. The van der Waals surface area contributed by atoms with Gasteiger partial charge in [-0.3, -0.25) is 4.79 Å². The fourth-order valence-corrected chi connectivity index (χ4v) is 2.77. The number of phenols is 1. The van der Waals surface area contributed by atoms with Crippen molar-refractivity contribution < 1.29 is 14.6 Å². The van der Waals surface area contributed by atoms with Gasteiger partial charge < -0.3 is 15.2 Å². The molecule has 0 atom stereocenters. The summed E-state index contributed by atoms with van der Waals surface area (Å²) in [4.78, 5) is 12.9. The Morgan fingerprint density at radius 1 is 0.880 bits per heavy atom. The van der Waals surface area contributed by atoms with Crippen molar-refractivity contribution in [3.63, 3.8) is 0 Å². The molecule has 0 radical (unpaired) electrons. The second kappa shape index (κ2) is 7.53. The molecule has 0 fully saturated rings. The Hall–Kier alpha value is -3.27. The van der Waals surface area contributed by atoms with Crippen LogP contribution in [0.15, 0.2) is 78.9 Å². The lowest BCUT2D eigenvalue weighted by Crippen LogP contribution is -2.29. The minimum atomic E-state index is -0.396. The zero-order chi connectivity index (χ0) is 17.6. The number of ether oxygens (including phenoxy) is 1. The largest absolute Gasteiger partial charge is 0.507 e. The zero-order valence-electron chi connectivity index (χ0n) is 13.8. The number of rotatable bonds is 5. The van der Waals surface area contributed by atoms with E-state index in [1.807, 2.05) is 60.7 Å². The Balaban J connectivity index is 1.98. The number of carbonyl (C=O) groups is 1. The lowest BCUT2D eigenvalue weighted by Gasteiger charge is -2.21. The van der Waals surface area contributed by atoms with Crippen molar-refractivity contribution in [3.8, 4) is 11.5 Å². The van der Waals surface area contributed by atoms with Crippen LogP contribution in [0.3, 0.4) is 0 Å². The molecule has 0 aliphatic heterocycles. The van der Waals surface area contributed by atoms with Gasteiger partial charge in [0.1, 0.15) is 17.1 Å². The number of phenolic OH excluding ortho intramolecular Hbond substituents is 1. The molecule has 0 unspecified atom stereocenters. The highest BCUT2D eigenvalue weighted by atomic mass is 16.5. The standard InChI is InChI=1S/C21H19NO3/c1-25-18-14-8-13-17(23)19(18)21(24)22-20(15-9-4-2-5-10-15)16-11-6-3-7-12-16/h2-14,20,23H,1H3,(H,22,24). The first-order chi connectivity index (χ1) is 12.2. The van der Waals surface area contributed by atoms with Crippen LogP contribution in [-0.4, -0.2) is 18.1 Å². The summed E-state index contributed by atoms with van der Waals surface area (Å²) in [5, 5.41) is 13.1. The fraction of sp³-hybridized carbons (Fsp3) is 0.0952. The van der Waals surface area contributed by atoms with E-state index >= 15 is 0 Å². The molecule has 0 saturated carbocycles. The van der Waals surface area contributed by atoms with E-state index in [1.54, 1.807) is 12.1 Å². The van der Waals surface area contributed by atoms with E-state index < -0.39 is 5.91 Å². The van der Waals surface area contributed by atoms with Crippen LogP contribution in [0.1, 0.15) is 27.5 Å². The molecule has 4 nitrogen and oxygen atoms in total. The summed E-state index contributed by atoms with van der Waals surface area (Å²) >= 11 is 0. The Labute approximate surface area is 146 Å².